The van der Waals surface area contributed by atoms with Crippen molar-refractivity contribution in [3.63, 3.8) is 0 Å². The summed E-state index contributed by atoms with van der Waals surface area (Å²) in [4.78, 5) is 22.8. The molecule has 12 heteroatoms. The maximum Gasteiger partial charge on any atom is 0.410 e. The summed E-state index contributed by atoms with van der Waals surface area (Å²) in [5.41, 5.74) is -0.405. The number of carbonyl (C=O) groups excluding carboxylic acids is 1. The number of para-hydroxylation sites is 1. The molecule has 3 heterocycles. The molecule has 1 amide bonds. The van der Waals surface area contributed by atoms with Gasteiger partial charge >= 0.3 is 6.18 Å². The summed E-state index contributed by atoms with van der Waals surface area (Å²) in [5, 5.41) is 6.14. The van der Waals surface area contributed by atoms with Gasteiger partial charge in [0, 0.05) is 18.4 Å². The fourth-order valence-corrected chi connectivity index (χ4v) is 4.82. The largest absolute Gasteiger partial charge is 0.455 e. The predicted molar refractivity (Wildman–Crippen MR) is 126 cm³/mol. The average molecular weight is 524 g/mol. The number of amides is 1. The van der Waals surface area contributed by atoms with E-state index in [0.29, 0.717) is 33.4 Å². The fraction of sp³-hybridized carbons (Fsp3) is 0.261. The maximum atomic E-state index is 13.7. The lowest BCUT2D eigenvalue weighted by Gasteiger charge is -2.38. The molecule has 2 aromatic carbocycles. The van der Waals surface area contributed by atoms with Crippen LogP contribution in [0.1, 0.15) is 28.4 Å². The smallest absolute Gasteiger partial charge is 0.410 e. The van der Waals surface area contributed by atoms with Crippen LogP contribution in [0.3, 0.4) is 0 Å². The SMILES string of the molecule is CC1(C(F)(F)F)NCCc2cc(Nc3ncc4c(n3)OCN(c3c(Cl)cccc3Cl)C4=O)ccc21. The number of hydrogen-bond donors (Lipinski definition) is 2. The molecule has 0 spiro atoms. The Morgan fingerprint density at radius 3 is 2.66 bits per heavy atom. The number of fused-ring (bicyclic) bond motifs is 2. The number of halogens is 5. The molecular weight excluding hydrogens is 506 g/mol. The number of benzene rings is 2. The first-order valence-corrected chi connectivity index (χ1v) is 11.3. The van der Waals surface area contributed by atoms with E-state index < -0.39 is 17.6 Å². The van der Waals surface area contributed by atoms with Gasteiger partial charge in [-0.2, -0.15) is 18.2 Å². The highest BCUT2D eigenvalue weighted by molar-refractivity contribution is 6.40. The summed E-state index contributed by atoms with van der Waals surface area (Å²) < 4.78 is 46.7. The van der Waals surface area contributed by atoms with Crippen molar-refractivity contribution in [2.45, 2.75) is 25.1 Å². The van der Waals surface area contributed by atoms with E-state index in [-0.39, 0.29) is 36.2 Å². The number of nitrogens with one attached hydrogen (secondary N) is 2. The summed E-state index contributed by atoms with van der Waals surface area (Å²) in [6, 6.07) is 9.52. The fourth-order valence-electron chi connectivity index (χ4n) is 4.22. The minimum absolute atomic E-state index is 0.0683. The van der Waals surface area contributed by atoms with Gasteiger partial charge in [0.1, 0.15) is 11.1 Å². The molecule has 2 N–H and O–H groups in total. The van der Waals surface area contributed by atoms with E-state index >= 15 is 0 Å². The molecule has 3 aromatic rings. The highest BCUT2D eigenvalue weighted by atomic mass is 35.5. The van der Waals surface area contributed by atoms with Crippen LogP contribution in [-0.4, -0.2) is 35.3 Å². The van der Waals surface area contributed by atoms with Crippen LogP contribution in [0.2, 0.25) is 10.0 Å². The first-order chi connectivity index (χ1) is 16.6. The third kappa shape index (κ3) is 4.05. The number of nitrogens with zero attached hydrogens (tertiary/aromatic N) is 3. The number of rotatable bonds is 3. The van der Waals surface area contributed by atoms with Crippen molar-refractivity contribution in [1.82, 2.24) is 15.3 Å². The van der Waals surface area contributed by atoms with Crippen LogP contribution < -0.4 is 20.3 Å². The second-order valence-electron chi connectivity index (χ2n) is 8.29. The first kappa shape index (κ1) is 23.7. The van der Waals surface area contributed by atoms with Gasteiger partial charge in [0.15, 0.2) is 6.73 Å². The lowest BCUT2D eigenvalue weighted by molar-refractivity contribution is -0.196. The van der Waals surface area contributed by atoms with E-state index in [1.807, 2.05) is 0 Å². The molecule has 0 bridgehead atoms. The van der Waals surface area contributed by atoms with Crippen molar-refractivity contribution in [2.24, 2.45) is 0 Å². The van der Waals surface area contributed by atoms with Crippen molar-refractivity contribution in [1.29, 1.82) is 0 Å². The third-order valence-corrected chi connectivity index (χ3v) is 6.72. The third-order valence-electron chi connectivity index (χ3n) is 6.11. The number of anilines is 3. The van der Waals surface area contributed by atoms with Crippen molar-refractivity contribution in [3.8, 4) is 5.88 Å². The molecule has 0 saturated carbocycles. The van der Waals surface area contributed by atoms with E-state index in [0.717, 1.165) is 6.92 Å². The summed E-state index contributed by atoms with van der Waals surface area (Å²) in [6.07, 6.45) is -2.68. The lowest BCUT2D eigenvalue weighted by Crippen LogP contribution is -2.55. The molecule has 2 aliphatic rings. The van der Waals surface area contributed by atoms with E-state index in [9.17, 15) is 18.0 Å². The van der Waals surface area contributed by atoms with Crippen molar-refractivity contribution >= 4 is 46.4 Å². The monoisotopic (exact) mass is 523 g/mol. The van der Waals surface area contributed by atoms with Gasteiger partial charge in [0.05, 0.1) is 15.7 Å². The van der Waals surface area contributed by atoms with Gasteiger partial charge in [-0.15, -0.1) is 0 Å². The van der Waals surface area contributed by atoms with Gasteiger partial charge in [0.25, 0.3) is 5.91 Å². The molecule has 5 rings (SSSR count). The second kappa shape index (κ2) is 8.54. The molecule has 182 valence electrons. The summed E-state index contributed by atoms with van der Waals surface area (Å²) in [5.74, 6) is -0.229. The van der Waals surface area contributed by atoms with Crippen LogP contribution >= 0.6 is 23.2 Å². The Hall–Kier alpha value is -3.08. The maximum absolute atomic E-state index is 13.7. The van der Waals surface area contributed by atoms with Gasteiger partial charge < -0.3 is 10.1 Å². The van der Waals surface area contributed by atoms with Gasteiger partial charge in [-0.05, 0) is 48.7 Å². The summed E-state index contributed by atoms with van der Waals surface area (Å²) in [6.45, 7) is 1.18. The molecule has 0 aliphatic carbocycles. The molecule has 1 aromatic heterocycles. The normalized spacial score (nSPS) is 19.6. The Morgan fingerprint density at radius 1 is 1.20 bits per heavy atom. The molecule has 2 aliphatic heterocycles. The van der Waals surface area contributed by atoms with Crippen LogP contribution in [0.4, 0.5) is 30.5 Å². The minimum Gasteiger partial charge on any atom is -0.455 e. The topological polar surface area (TPSA) is 79.4 Å². The number of alkyl halides is 3. The Bertz CT molecular complexity index is 1320. The van der Waals surface area contributed by atoms with Crippen LogP contribution in [-0.2, 0) is 12.0 Å². The standard InChI is InChI=1S/C23H18Cl2F3N5O2/c1-22(23(26,27)28)15-6-5-13(9-12(15)7-8-30-22)31-21-29-10-14-19(32-21)35-11-33(20(14)34)18-16(24)3-2-4-17(18)25/h2-6,9-10,30H,7-8,11H2,1H3,(H,29,31,32). The summed E-state index contributed by atoms with van der Waals surface area (Å²) in [7, 11) is 0. The zero-order valence-electron chi connectivity index (χ0n) is 18.2. The zero-order chi connectivity index (χ0) is 25.0. The predicted octanol–water partition coefficient (Wildman–Crippen LogP) is 5.45. The Labute approximate surface area is 208 Å². The van der Waals surface area contributed by atoms with Gasteiger partial charge in [-0.25, -0.2) is 4.98 Å². The Balaban J connectivity index is 1.39. The van der Waals surface area contributed by atoms with Crippen LogP contribution in [0.15, 0.2) is 42.6 Å². The van der Waals surface area contributed by atoms with Crippen LogP contribution in [0.25, 0.3) is 0 Å². The number of ether oxygens (including phenoxy) is 1. The Morgan fingerprint density at radius 2 is 1.94 bits per heavy atom. The average Bonchev–Trinajstić information content (AvgIpc) is 2.80. The molecule has 35 heavy (non-hydrogen) atoms. The second-order valence-corrected chi connectivity index (χ2v) is 9.10. The first-order valence-electron chi connectivity index (χ1n) is 10.6. The van der Waals surface area contributed by atoms with E-state index in [1.165, 1.54) is 23.2 Å². The van der Waals surface area contributed by atoms with Crippen molar-refractivity contribution in [3.05, 3.63) is 69.3 Å². The molecule has 1 unspecified atom stereocenters. The van der Waals surface area contributed by atoms with Crippen LogP contribution in [0, 0.1) is 0 Å². The van der Waals surface area contributed by atoms with E-state index in [2.05, 4.69) is 20.6 Å². The molecule has 1 atom stereocenters. The quantitative estimate of drug-likeness (QED) is 0.475. The van der Waals surface area contributed by atoms with Crippen LogP contribution in [0.5, 0.6) is 5.88 Å². The molecule has 0 fully saturated rings. The Kier molecular flexibility index (Phi) is 5.77. The number of carbonyl (C=O) groups is 1. The summed E-state index contributed by atoms with van der Waals surface area (Å²) >= 11 is 12.4. The lowest BCUT2D eigenvalue weighted by atomic mass is 9.83. The highest BCUT2D eigenvalue weighted by Gasteiger charge is 2.54. The molecular formula is C23H18Cl2F3N5O2. The molecule has 7 nitrogen and oxygen atoms in total. The number of hydrogen-bond acceptors (Lipinski definition) is 6. The van der Waals surface area contributed by atoms with E-state index in [1.54, 1.807) is 24.3 Å². The van der Waals surface area contributed by atoms with Gasteiger partial charge in [-0.3, -0.25) is 15.0 Å². The highest BCUT2D eigenvalue weighted by Crippen LogP contribution is 2.43. The number of aromatic nitrogens is 2. The van der Waals surface area contributed by atoms with Crippen molar-refractivity contribution < 1.29 is 22.7 Å². The zero-order valence-corrected chi connectivity index (χ0v) is 19.7. The van der Waals surface area contributed by atoms with E-state index in [4.69, 9.17) is 27.9 Å². The van der Waals surface area contributed by atoms with Crippen molar-refractivity contribution in [2.75, 3.05) is 23.5 Å². The molecule has 0 radical (unpaired) electrons. The molecule has 0 saturated heterocycles. The van der Waals surface area contributed by atoms with Gasteiger partial charge in [-0.1, -0.05) is 35.3 Å². The van der Waals surface area contributed by atoms with Gasteiger partial charge in [0.2, 0.25) is 11.8 Å². The minimum atomic E-state index is -4.44.